The molecule has 5 aliphatic rings. The number of carbonyl (C=O) groups is 2. The molecule has 2 N–H and O–H groups in total. The Morgan fingerprint density at radius 3 is 2.35 bits per heavy atom. The number of carbonyl (C=O) groups excluding carboxylic acids is 1. The molecular weight excluding hydrogens is 424 g/mol. The van der Waals surface area contributed by atoms with Crippen molar-refractivity contribution in [1.29, 1.82) is 0 Å². The van der Waals surface area contributed by atoms with Gasteiger partial charge < -0.3 is 10.2 Å². The van der Waals surface area contributed by atoms with Gasteiger partial charge in [-0.2, -0.15) is 0 Å². The molecule has 5 aliphatic carbocycles. The highest BCUT2D eigenvalue weighted by Crippen LogP contribution is 2.88. The van der Waals surface area contributed by atoms with Gasteiger partial charge >= 0.3 is 5.97 Å². The summed E-state index contributed by atoms with van der Waals surface area (Å²) < 4.78 is 0. The molecule has 0 aliphatic heterocycles. The fraction of sp³-hybridized carbons (Fsp3) is 0.867. The highest BCUT2D eigenvalue weighted by Gasteiger charge is 2.82. The summed E-state index contributed by atoms with van der Waals surface area (Å²) in [5, 5.41) is 18.5. The van der Waals surface area contributed by atoms with Crippen LogP contribution in [0.5, 0.6) is 0 Å². The van der Waals surface area contributed by atoms with Crippen LogP contribution >= 0.6 is 0 Å². The number of Topliss-reactive ketones (excluding diaryl/α,β-unsaturated/α-hetero) is 1. The zero-order valence-electron chi connectivity index (χ0n) is 22.1. The summed E-state index contributed by atoms with van der Waals surface area (Å²) in [6.45, 7) is 11.7. The van der Waals surface area contributed by atoms with Gasteiger partial charge in [-0.15, -0.1) is 0 Å². The summed E-state index contributed by atoms with van der Waals surface area (Å²) in [6, 6.07) is 0. The summed E-state index contributed by atoms with van der Waals surface area (Å²) >= 11 is 0. The first-order valence-electron chi connectivity index (χ1n) is 14.0. The van der Waals surface area contributed by atoms with Gasteiger partial charge in [-0.25, -0.2) is 4.79 Å². The molecule has 2 spiro atoms. The van der Waals surface area contributed by atoms with E-state index in [9.17, 15) is 19.8 Å². The number of ketones is 1. The molecule has 5 rings (SSSR count). The minimum atomic E-state index is -1.00. The van der Waals surface area contributed by atoms with Crippen molar-refractivity contribution >= 4 is 11.8 Å². The fourth-order valence-corrected chi connectivity index (χ4v) is 11.1. The summed E-state index contributed by atoms with van der Waals surface area (Å²) in [4.78, 5) is 24.1. The molecular formula is C30H46O4. The van der Waals surface area contributed by atoms with Gasteiger partial charge in [0, 0.05) is 11.8 Å². The average molecular weight is 471 g/mol. The number of carboxylic acid groups (broad SMARTS) is 1. The molecule has 0 aromatic carbocycles. The Labute approximate surface area is 206 Å². The molecule has 0 radical (unpaired) electrons. The van der Waals surface area contributed by atoms with E-state index in [0.29, 0.717) is 45.2 Å². The molecule has 0 bridgehead atoms. The van der Waals surface area contributed by atoms with Gasteiger partial charge in [-0.3, -0.25) is 4.79 Å². The smallest absolute Gasteiger partial charge is 0.333 e. The molecule has 4 nitrogen and oxygen atoms in total. The van der Waals surface area contributed by atoms with Crippen molar-refractivity contribution in [2.75, 3.05) is 6.61 Å². The molecule has 0 amide bonds. The maximum Gasteiger partial charge on any atom is 0.333 e. The van der Waals surface area contributed by atoms with Crippen molar-refractivity contribution < 1.29 is 19.8 Å². The van der Waals surface area contributed by atoms with Crippen molar-refractivity contribution in [2.24, 2.45) is 50.7 Å². The van der Waals surface area contributed by atoms with E-state index >= 15 is 0 Å². The van der Waals surface area contributed by atoms with Crippen LogP contribution in [0.15, 0.2) is 11.6 Å². The predicted octanol–water partition coefficient (Wildman–Crippen LogP) is 6.41. The summed E-state index contributed by atoms with van der Waals surface area (Å²) in [5.41, 5.74) is 1.62. The standard InChI is InChI=1S/C30H46O4/c1-19(7-6-8-20(17-31)25(33)34)21-11-13-28(5)23-10-9-22-26(2,3)24(32)12-14-29(22)18-30(23,29)16-15-27(21,28)4/h8,19,21-23,31H,6-7,9-18H2,1-5H3,(H,33,34)/b20-8+/t19-,21+,22+,23-,27+,28-,29-,30+/m0/s1. The second-order valence-corrected chi connectivity index (χ2v) is 14.0. The molecule has 0 aromatic rings. The Bertz CT molecular complexity index is 919. The molecule has 0 unspecified atom stereocenters. The number of aliphatic carboxylic acids is 1. The highest BCUT2D eigenvalue weighted by molar-refractivity contribution is 5.86. The van der Waals surface area contributed by atoms with Crippen LogP contribution in [0.2, 0.25) is 0 Å². The Morgan fingerprint density at radius 2 is 1.68 bits per heavy atom. The molecule has 5 saturated carbocycles. The maximum atomic E-state index is 12.8. The minimum Gasteiger partial charge on any atom is -0.478 e. The molecule has 190 valence electrons. The number of hydrogen-bond donors (Lipinski definition) is 2. The Kier molecular flexibility index (Phi) is 5.53. The van der Waals surface area contributed by atoms with Gasteiger partial charge in [0.15, 0.2) is 0 Å². The lowest BCUT2D eigenvalue weighted by Gasteiger charge is -2.62. The van der Waals surface area contributed by atoms with Gasteiger partial charge in [0.2, 0.25) is 0 Å². The second-order valence-electron chi connectivity index (χ2n) is 14.0. The topological polar surface area (TPSA) is 74.6 Å². The number of hydrogen-bond acceptors (Lipinski definition) is 3. The van der Waals surface area contributed by atoms with Crippen LogP contribution in [0.1, 0.15) is 105 Å². The van der Waals surface area contributed by atoms with Crippen LogP contribution in [0.25, 0.3) is 0 Å². The van der Waals surface area contributed by atoms with Gasteiger partial charge in [0.25, 0.3) is 0 Å². The summed E-state index contributed by atoms with van der Waals surface area (Å²) in [6.07, 6.45) is 14.6. The molecule has 4 heteroatoms. The average Bonchev–Trinajstić information content (AvgIpc) is 3.36. The number of rotatable bonds is 6. The van der Waals surface area contributed by atoms with Crippen LogP contribution in [-0.4, -0.2) is 28.6 Å². The van der Waals surface area contributed by atoms with Crippen LogP contribution < -0.4 is 0 Å². The summed E-state index contributed by atoms with van der Waals surface area (Å²) in [7, 11) is 0. The first-order chi connectivity index (χ1) is 15.9. The predicted molar refractivity (Wildman–Crippen MR) is 133 cm³/mol. The van der Waals surface area contributed by atoms with E-state index in [1.807, 2.05) is 0 Å². The maximum absolute atomic E-state index is 12.8. The Morgan fingerprint density at radius 1 is 1.00 bits per heavy atom. The van der Waals surface area contributed by atoms with Crippen molar-refractivity contribution in [3.05, 3.63) is 11.6 Å². The van der Waals surface area contributed by atoms with E-state index in [4.69, 9.17) is 0 Å². The van der Waals surface area contributed by atoms with Crippen molar-refractivity contribution in [3.63, 3.8) is 0 Å². The third-order valence-electron chi connectivity index (χ3n) is 13.1. The fourth-order valence-electron chi connectivity index (χ4n) is 11.1. The van der Waals surface area contributed by atoms with E-state index in [2.05, 4.69) is 34.6 Å². The minimum absolute atomic E-state index is 0.124. The highest BCUT2D eigenvalue weighted by atomic mass is 16.4. The molecule has 0 aromatic heterocycles. The second kappa shape index (κ2) is 7.67. The van der Waals surface area contributed by atoms with E-state index < -0.39 is 12.6 Å². The SMILES string of the molecule is C[C@@H](CC/C=C(\CO)C(=O)O)[C@H]1CC[C@@]2(C)[C@@H]3CC[C@@H]4C(C)(C)C(=O)CC[C@]45C[C@]35CC[C@]12C. The Balaban J connectivity index is 1.36. The van der Waals surface area contributed by atoms with E-state index in [1.54, 1.807) is 6.08 Å². The lowest BCUT2D eigenvalue weighted by Crippen LogP contribution is -2.57. The largest absolute Gasteiger partial charge is 0.478 e. The number of fused-ring (bicyclic) bond motifs is 2. The van der Waals surface area contributed by atoms with Gasteiger partial charge in [-0.1, -0.05) is 40.7 Å². The third kappa shape index (κ3) is 2.93. The molecule has 5 fully saturated rings. The molecule has 34 heavy (non-hydrogen) atoms. The molecule has 0 heterocycles. The van der Waals surface area contributed by atoms with Crippen LogP contribution in [0.3, 0.4) is 0 Å². The normalized spacial score (nSPS) is 47.8. The monoisotopic (exact) mass is 470 g/mol. The summed E-state index contributed by atoms with van der Waals surface area (Å²) in [5.74, 6) is 2.12. The van der Waals surface area contributed by atoms with Crippen LogP contribution in [-0.2, 0) is 9.59 Å². The van der Waals surface area contributed by atoms with Gasteiger partial charge in [0.05, 0.1) is 12.2 Å². The van der Waals surface area contributed by atoms with Crippen molar-refractivity contribution in [2.45, 2.75) is 105 Å². The quantitative estimate of drug-likeness (QED) is 0.440. The lowest BCUT2D eigenvalue weighted by molar-refractivity contribution is -0.157. The van der Waals surface area contributed by atoms with Gasteiger partial charge in [-0.05, 0) is 110 Å². The van der Waals surface area contributed by atoms with E-state index in [-0.39, 0.29) is 11.0 Å². The number of aliphatic hydroxyl groups is 1. The number of aliphatic hydroxyl groups excluding tert-OH is 1. The van der Waals surface area contributed by atoms with Crippen LogP contribution in [0.4, 0.5) is 0 Å². The van der Waals surface area contributed by atoms with E-state index in [0.717, 1.165) is 31.6 Å². The third-order valence-corrected chi connectivity index (χ3v) is 13.1. The molecule has 0 saturated heterocycles. The zero-order valence-corrected chi connectivity index (χ0v) is 22.1. The van der Waals surface area contributed by atoms with Gasteiger partial charge in [0.1, 0.15) is 5.78 Å². The first kappa shape index (κ1) is 24.5. The number of allylic oxidation sites excluding steroid dienone is 1. The van der Waals surface area contributed by atoms with Crippen molar-refractivity contribution in [1.82, 2.24) is 0 Å². The molecule has 8 atom stereocenters. The first-order valence-corrected chi connectivity index (χ1v) is 14.0. The zero-order chi connectivity index (χ0) is 24.7. The van der Waals surface area contributed by atoms with Crippen molar-refractivity contribution in [3.8, 4) is 0 Å². The van der Waals surface area contributed by atoms with E-state index in [1.165, 1.54) is 44.9 Å². The van der Waals surface area contributed by atoms with Crippen LogP contribution in [0, 0.1) is 50.7 Å². The number of carboxylic acids is 1. The lowest BCUT2D eigenvalue weighted by atomic mass is 9.42. The Hall–Kier alpha value is -1.16.